The van der Waals surface area contributed by atoms with E-state index in [0.717, 1.165) is 29.4 Å². The maximum absolute atomic E-state index is 5.72. The summed E-state index contributed by atoms with van der Waals surface area (Å²) in [6.07, 6.45) is 1.06. The molecule has 4 heteroatoms. The third-order valence-corrected chi connectivity index (χ3v) is 3.33. The van der Waals surface area contributed by atoms with Crippen LogP contribution in [0.5, 0.6) is 11.5 Å². The zero-order chi connectivity index (χ0) is 13.2. The van der Waals surface area contributed by atoms with E-state index in [4.69, 9.17) is 15.2 Å². The van der Waals surface area contributed by atoms with Crippen molar-refractivity contribution in [2.75, 3.05) is 24.7 Å². The molecular weight excluding hydrogens is 246 g/mol. The van der Waals surface area contributed by atoms with Gasteiger partial charge in [0.1, 0.15) is 0 Å². The summed E-state index contributed by atoms with van der Waals surface area (Å²) in [4.78, 5) is 0. The Balaban J connectivity index is 2.22. The Labute approximate surface area is 114 Å². The van der Waals surface area contributed by atoms with Gasteiger partial charge >= 0.3 is 0 Å². The maximum Gasteiger partial charge on any atom is 0.161 e. The molecule has 0 saturated heterocycles. The minimum atomic E-state index is 0.289. The van der Waals surface area contributed by atoms with Gasteiger partial charge in [-0.05, 0) is 38.2 Å². The fourth-order valence-corrected chi connectivity index (χ4v) is 2.37. The summed E-state index contributed by atoms with van der Waals surface area (Å²) < 4.78 is 11.2. The highest BCUT2D eigenvalue weighted by atomic mass is 32.2. The molecule has 1 aromatic rings. The largest absolute Gasteiger partial charge is 0.490 e. The fourth-order valence-electron chi connectivity index (χ4n) is 1.43. The van der Waals surface area contributed by atoms with Gasteiger partial charge in [0.15, 0.2) is 11.5 Å². The molecule has 0 heterocycles. The summed E-state index contributed by atoms with van der Waals surface area (Å²) in [6.45, 7) is 5.37. The predicted molar refractivity (Wildman–Crippen MR) is 78.7 cm³/mol. The van der Waals surface area contributed by atoms with Crippen molar-refractivity contribution >= 4 is 11.8 Å². The summed E-state index contributed by atoms with van der Waals surface area (Å²) in [5.41, 5.74) is 5.69. The van der Waals surface area contributed by atoms with E-state index in [1.165, 1.54) is 0 Å². The molecule has 1 aromatic carbocycles. The molecule has 1 rings (SSSR count). The molecule has 0 amide bonds. The van der Waals surface area contributed by atoms with Crippen molar-refractivity contribution in [1.82, 2.24) is 0 Å². The molecule has 18 heavy (non-hydrogen) atoms. The molecule has 0 aliphatic heterocycles. The smallest absolute Gasteiger partial charge is 0.161 e. The number of hydrogen-bond donors (Lipinski definition) is 1. The highest BCUT2D eigenvalue weighted by molar-refractivity contribution is 7.99. The average molecular weight is 269 g/mol. The van der Waals surface area contributed by atoms with Gasteiger partial charge in [0.05, 0.1) is 13.2 Å². The van der Waals surface area contributed by atoms with E-state index in [-0.39, 0.29) is 6.04 Å². The van der Waals surface area contributed by atoms with Gasteiger partial charge in [0, 0.05) is 11.8 Å². The van der Waals surface area contributed by atoms with E-state index < -0.39 is 0 Å². The molecular formula is C14H23NO2S. The van der Waals surface area contributed by atoms with Crippen LogP contribution in [0.2, 0.25) is 0 Å². The lowest BCUT2D eigenvalue weighted by Gasteiger charge is -2.11. The lowest BCUT2D eigenvalue weighted by atomic mass is 10.3. The summed E-state index contributed by atoms with van der Waals surface area (Å²) in [7, 11) is 0. The van der Waals surface area contributed by atoms with E-state index in [2.05, 4.69) is 0 Å². The molecule has 3 nitrogen and oxygen atoms in total. The van der Waals surface area contributed by atoms with E-state index >= 15 is 0 Å². The van der Waals surface area contributed by atoms with E-state index in [1.54, 1.807) is 0 Å². The maximum atomic E-state index is 5.72. The Hall–Kier alpha value is -0.870. The van der Waals surface area contributed by atoms with Crippen LogP contribution in [0.4, 0.5) is 0 Å². The van der Waals surface area contributed by atoms with Gasteiger partial charge in [-0.25, -0.2) is 0 Å². The molecule has 0 radical (unpaired) electrons. The van der Waals surface area contributed by atoms with Crippen LogP contribution in [0.25, 0.3) is 0 Å². The highest BCUT2D eigenvalue weighted by Gasteiger charge is 2.02. The topological polar surface area (TPSA) is 44.5 Å². The van der Waals surface area contributed by atoms with Gasteiger partial charge in [0.25, 0.3) is 0 Å². The van der Waals surface area contributed by atoms with Crippen LogP contribution in [-0.2, 0) is 0 Å². The number of benzene rings is 1. The molecule has 0 aliphatic rings. The number of ether oxygens (including phenoxy) is 2. The van der Waals surface area contributed by atoms with Gasteiger partial charge in [-0.2, -0.15) is 11.8 Å². The zero-order valence-electron chi connectivity index (χ0n) is 11.2. The van der Waals surface area contributed by atoms with Crippen molar-refractivity contribution in [3.63, 3.8) is 0 Å². The van der Waals surface area contributed by atoms with Crippen LogP contribution in [0.1, 0.15) is 20.3 Å². The van der Waals surface area contributed by atoms with Gasteiger partial charge < -0.3 is 15.2 Å². The molecule has 2 N–H and O–H groups in total. The van der Waals surface area contributed by atoms with Crippen molar-refractivity contribution < 1.29 is 9.47 Å². The predicted octanol–water partition coefficient (Wildman–Crippen LogP) is 2.93. The quantitative estimate of drug-likeness (QED) is 0.700. The first kappa shape index (κ1) is 15.2. The number of hydrogen-bond acceptors (Lipinski definition) is 4. The van der Waals surface area contributed by atoms with Crippen LogP contribution >= 0.6 is 11.8 Å². The second kappa shape index (κ2) is 9.11. The Morgan fingerprint density at radius 3 is 2.44 bits per heavy atom. The van der Waals surface area contributed by atoms with Crippen molar-refractivity contribution in [1.29, 1.82) is 0 Å². The van der Waals surface area contributed by atoms with Crippen molar-refractivity contribution in [3.05, 3.63) is 24.3 Å². The lowest BCUT2D eigenvalue weighted by molar-refractivity contribution is 0.289. The minimum Gasteiger partial charge on any atom is -0.490 e. The van der Waals surface area contributed by atoms with Crippen LogP contribution in [0.15, 0.2) is 24.3 Å². The lowest BCUT2D eigenvalue weighted by Crippen LogP contribution is -2.15. The van der Waals surface area contributed by atoms with Gasteiger partial charge in [-0.15, -0.1) is 0 Å². The Morgan fingerprint density at radius 1 is 1.17 bits per heavy atom. The molecule has 0 aromatic heterocycles. The van der Waals surface area contributed by atoms with Crippen LogP contribution in [-0.4, -0.2) is 30.8 Å². The Kier molecular flexibility index (Phi) is 7.69. The molecule has 0 aliphatic carbocycles. The average Bonchev–Trinajstić information content (AvgIpc) is 2.35. The summed E-state index contributed by atoms with van der Waals surface area (Å²) in [5.74, 6) is 3.72. The standard InChI is InChI=1S/C14H23NO2S/c1-3-16-13-6-4-5-7-14(13)17-9-11-18-10-8-12(2)15/h4-7,12H,3,8-11,15H2,1-2H3. The molecule has 0 fully saturated rings. The summed E-state index contributed by atoms with van der Waals surface area (Å²) in [5, 5.41) is 0. The summed E-state index contributed by atoms with van der Waals surface area (Å²) in [6, 6.07) is 8.08. The Bertz CT molecular complexity index is 331. The van der Waals surface area contributed by atoms with Crippen LogP contribution < -0.4 is 15.2 Å². The fraction of sp³-hybridized carbons (Fsp3) is 0.571. The Morgan fingerprint density at radius 2 is 1.83 bits per heavy atom. The molecule has 1 atom stereocenters. The molecule has 102 valence electrons. The number of para-hydroxylation sites is 2. The molecule has 0 saturated carbocycles. The van der Waals surface area contributed by atoms with E-state index in [1.807, 2.05) is 49.9 Å². The summed E-state index contributed by atoms with van der Waals surface area (Å²) >= 11 is 1.87. The van der Waals surface area contributed by atoms with Gasteiger partial charge in [-0.1, -0.05) is 12.1 Å². The van der Waals surface area contributed by atoms with Gasteiger partial charge in [0.2, 0.25) is 0 Å². The van der Waals surface area contributed by atoms with Crippen molar-refractivity contribution in [2.24, 2.45) is 5.73 Å². The second-order valence-corrected chi connectivity index (χ2v) is 5.33. The normalized spacial score (nSPS) is 12.2. The van der Waals surface area contributed by atoms with Crippen molar-refractivity contribution in [2.45, 2.75) is 26.3 Å². The first-order chi connectivity index (χ1) is 8.74. The SMILES string of the molecule is CCOc1ccccc1OCCSCCC(C)N. The highest BCUT2D eigenvalue weighted by Crippen LogP contribution is 2.26. The molecule has 0 spiro atoms. The molecule has 1 unspecified atom stereocenters. The monoisotopic (exact) mass is 269 g/mol. The second-order valence-electron chi connectivity index (χ2n) is 4.11. The number of thioether (sulfide) groups is 1. The van der Waals surface area contributed by atoms with Gasteiger partial charge in [-0.3, -0.25) is 0 Å². The number of rotatable bonds is 9. The van der Waals surface area contributed by atoms with Crippen molar-refractivity contribution in [3.8, 4) is 11.5 Å². The van der Waals surface area contributed by atoms with E-state index in [9.17, 15) is 0 Å². The van der Waals surface area contributed by atoms with Crippen LogP contribution in [0, 0.1) is 0 Å². The van der Waals surface area contributed by atoms with Crippen LogP contribution in [0.3, 0.4) is 0 Å². The van der Waals surface area contributed by atoms with E-state index in [0.29, 0.717) is 13.2 Å². The first-order valence-electron chi connectivity index (χ1n) is 6.42. The third-order valence-electron chi connectivity index (χ3n) is 2.35. The molecule has 0 bridgehead atoms. The third kappa shape index (κ3) is 6.17. The minimum absolute atomic E-state index is 0.289. The number of nitrogens with two attached hydrogens (primary N) is 1. The zero-order valence-corrected chi connectivity index (χ0v) is 12.0. The first-order valence-corrected chi connectivity index (χ1v) is 7.57.